The van der Waals surface area contributed by atoms with Crippen molar-refractivity contribution in [1.29, 1.82) is 0 Å². The minimum absolute atomic E-state index is 0.667. The van der Waals surface area contributed by atoms with Gasteiger partial charge in [-0.05, 0) is 18.4 Å². The molecule has 0 saturated carbocycles. The van der Waals surface area contributed by atoms with Gasteiger partial charge in [0.1, 0.15) is 5.76 Å². The van der Waals surface area contributed by atoms with Gasteiger partial charge in [-0.3, -0.25) is 0 Å². The lowest BCUT2D eigenvalue weighted by Crippen LogP contribution is -1.96. The molecule has 0 rings (SSSR count). The molecule has 0 heterocycles. The van der Waals surface area contributed by atoms with Gasteiger partial charge in [-0.25, -0.2) is 0 Å². The van der Waals surface area contributed by atoms with E-state index in [0.717, 1.165) is 13.0 Å². The van der Waals surface area contributed by atoms with E-state index in [4.69, 9.17) is 4.74 Å². The SMILES string of the molecule is C=CC(=C)OCCC(C)C. The lowest BCUT2D eigenvalue weighted by atomic mass is 10.1. The molecule has 0 aliphatic heterocycles. The van der Waals surface area contributed by atoms with Crippen LogP contribution in [0, 0.1) is 5.92 Å². The number of ether oxygens (including phenoxy) is 1. The Morgan fingerprint density at radius 3 is 2.60 bits per heavy atom. The topological polar surface area (TPSA) is 9.23 Å². The molecule has 0 radical (unpaired) electrons. The van der Waals surface area contributed by atoms with Crippen molar-refractivity contribution in [2.45, 2.75) is 20.3 Å². The van der Waals surface area contributed by atoms with Crippen molar-refractivity contribution in [2.24, 2.45) is 5.92 Å². The summed E-state index contributed by atoms with van der Waals surface area (Å²) in [6.45, 7) is 12.2. The maximum absolute atomic E-state index is 5.19. The molecule has 0 aromatic heterocycles. The van der Waals surface area contributed by atoms with Gasteiger partial charge in [0.15, 0.2) is 0 Å². The molecule has 0 amide bonds. The largest absolute Gasteiger partial charge is 0.494 e. The molecular weight excluding hydrogens is 124 g/mol. The van der Waals surface area contributed by atoms with Crippen LogP contribution >= 0.6 is 0 Å². The number of hydrogen-bond acceptors (Lipinski definition) is 1. The van der Waals surface area contributed by atoms with Crippen molar-refractivity contribution < 1.29 is 4.74 Å². The fourth-order valence-corrected chi connectivity index (χ4v) is 0.485. The Morgan fingerprint density at radius 2 is 2.20 bits per heavy atom. The van der Waals surface area contributed by atoms with E-state index in [0.29, 0.717) is 11.7 Å². The summed E-state index contributed by atoms with van der Waals surface area (Å²) in [6, 6.07) is 0. The monoisotopic (exact) mass is 140 g/mol. The van der Waals surface area contributed by atoms with Crippen molar-refractivity contribution in [3.8, 4) is 0 Å². The average molecular weight is 140 g/mol. The van der Waals surface area contributed by atoms with Crippen molar-refractivity contribution in [2.75, 3.05) is 6.61 Å². The molecule has 1 nitrogen and oxygen atoms in total. The summed E-state index contributed by atoms with van der Waals surface area (Å²) in [5, 5.41) is 0. The van der Waals surface area contributed by atoms with Gasteiger partial charge in [0, 0.05) is 0 Å². The smallest absolute Gasteiger partial charge is 0.111 e. The van der Waals surface area contributed by atoms with Crippen LogP contribution in [-0.4, -0.2) is 6.61 Å². The first-order valence-corrected chi connectivity index (χ1v) is 3.61. The van der Waals surface area contributed by atoms with E-state index in [2.05, 4.69) is 27.0 Å². The highest BCUT2D eigenvalue weighted by atomic mass is 16.5. The third kappa shape index (κ3) is 5.42. The summed E-state index contributed by atoms with van der Waals surface area (Å²) in [5.74, 6) is 1.36. The zero-order chi connectivity index (χ0) is 7.98. The third-order valence-corrected chi connectivity index (χ3v) is 1.21. The summed E-state index contributed by atoms with van der Waals surface area (Å²) < 4.78 is 5.19. The van der Waals surface area contributed by atoms with Crippen molar-refractivity contribution in [3.63, 3.8) is 0 Å². The molecule has 0 bridgehead atoms. The van der Waals surface area contributed by atoms with E-state index in [-0.39, 0.29) is 0 Å². The van der Waals surface area contributed by atoms with Gasteiger partial charge in [-0.2, -0.15) is 0 Å². The van der Waals surface area contributed by atoms with Crippen LogP contribution in [0.25, 0.3) is 0 Å². The van der Waals surface area contributed by atoms with Crippen LogP contribution in [0.2, 0.25) is 0 Å². The summed E-state index contributed by atoms with van der Waals surface area (Å²) in [6.07, 6.45) is 2.70. The Labute approximate surface area is 63.4 Å². The van der Waals surface area contributed by atoms with Crippen LogP contribution in [0.5, 0.6) is 0 Å². The van der Waals surface area contributed by atoms with Crippen LogP contribution in [-0.2, 0) is 4.74 Å². The highest BCUT2D eigenvalue weighted by molar-refractivity contribution is 5.01. The fourth-order valence-electron chi connectivity index (χ4n) is 0.485. The Hall–Kier alpha value is -0.720. The minimum Gasteiger partial charge on any atom is -0.494 e. The first-order chi connectivity index (χ1) is 4.66. The standard InChI is InChI=1S/C9H16O/c1-5-9(4)10-7-6-8(2)3/h5,8H,1,4,6-7H2,2-3H3. The first-order valence-electron chi connectivity index (χ1n) is 3.61. The van der Waals surface area contributed by atoms with E-state index in [9.17, 15) is 0 Å². The number of rotatable bonds is 5. The Bertz CT molecular complexity index is 114. The van der Waals surface area contributed by atoms with Gasteiger partial charge in [0.05, 0.1) is 6.61 Å². The van der Waals surface area contributed by atoms with Gasteiger partial charge in [-0.1, -0.05) is 27.0 Å². The second kappa shape index (κ2) is 5.10. The van der Waals surface area contributed by atoms with Crippen LogP contribution in [0.15, 0.2) is 25.0 Å². The lowest BCUT2D eigenvalue weighted by molar-refractivity contribution is 0.208. The van der Waals surface area contributed by atoms with Crippen molar-refractivity contribution in [1.82, 2.24) is 0 Å². The third-order valence-electron chi connectivity index (χ3n) is 1.21. The molecule has 0 aliphatic carbocycles. The molecular formula is C9H16O. The lowest BCUT2D eigenvalue weighted by Gasteiger charge is -2.06. The van der Waals surface area contributed by atoms with Crippen molar-refractivity contribution >= 4 is 0 Å². The van der Waals surface area contributed by atoms with Crippen LogP contribution in [0.3, 0.4) is 0 Å². The zero-order valence-electron chi connectivity index (χ0n) is 6.89. The van der Waals surface area contributed by atoms with Crippen LogP contribution < -0.4 is 0 Å². The average Bonchev–Trinajstić information content (AvgIpc) is 1.87. The van der Waals surface area contributed by atoms with E-state index in [1.165, 1.54) is 0 Å². The quantitative estimate of drug-likeness (QED) is 0.421. The Balaban J connectivity index is 3.19. The predicted octanol–water partition coefficient (Wildman–Crippen LogP) is 2.75. The van der Waals surface area contributed by atoms with Crippen molar-refractivity contribution in [3.05, 3.63) is 25.0 Å². The Kier molecular flexibility index (Phi) is 4.73. The molecule has 0 saturated heterocycles. The Morgan fingerprint density at radius 1 is 1.60 bits per heavy atom. The minimum atomic E-state index is 0.667. The molecule has 0 spiro atoms. The summed E-state index contributed by atoms with van der Waals surface area (Å²) >= 11 is 0. The highest BCUT2D eigenvalue weighted by Gasteiger charge is 1.93. The summed E-state index contributed by atoms with van der Waals surface area (Å²) in [5.41, 5.74) is 0. The normalized spacial score (nSPS) is 9.50. The molecule has 0 N–H and O–H groups in total. The van der Waals surface area contributed by atoms with Crippen LogP contribution in [0.1, 0.15) is 20.3 Å². The molecule has 58 valence electrons. The van der Waals surface area contributed by atoms with E-state index in [1.807, 2.05) is 0 Å². The maximum Gasteiger partial charge on any atom is 0.111 e. The van der Waals surface area contributed by atoms with E-state index < -0.39 is 0 Å². The molecule has 1 heteroatoms. The van der Waals surface area contributed by atoms with E-state index in [1.54, 1.807) is 6.08 Å². The molecule has 0 aromatic rings. The maximum atomic E-state index is 5.19. The number of allylic oxidation sites excluding steroid dienone is 1. The fraction of sp³-hybridized carbons (Fsp3) is 0.556. The van der Waals surface area contributed by atoms with Gasteiger partial charge in [0.2, 0.25) is 0 Å². The zero-order valence-corrected chi connectivity index (χ0v) is 6.89. The van der Waals surface area contributed by atoms with Gasteiger partial charge >= 0.3 is 0 Å². The number of hydrogen-bond donors (Lipinski definition) is 0. The van der Waals surface area contributed by atoms with Gasteiger partial charge in [-0.15, -0.1) is 0 Å². The summed E-state index contributed by atoms with van der Waals surface area (Å²) in [7, 11) is 0. The first kappa shape index (κ1) is 9.28. The van der Waals surface area contributed by atoms with Gasteiger partial charge in [0.25, 0.3) is 0 Å². The highest BCUT2D eigenvalue weighted by Crippen LogP contribution is 2.02. The molecule has 0 fully saturated rings. The molecule has 0 aliphatic rings. The molecule has 0 atom stereocenters. The molecule has 0 aromatic carbocycles. The second-order valence-electron chi connectivity index (χ2n) is 2.70. The predicted molar refractivity (Wildman–Crippen MR) is 44.7 cm³/mol. The van der Waals surface area contributed by atoms with Crippen LogP contribution in [0.4, 0.5) is 0 Å². The molecule has 0 unspecified atom stereocenters. The van der Waals surface area contributed by atoms with Gasteiger partial charge < -0.3 is 4.74 Å². The summed E-state index contributed by atoms with van der Waals surface area (Å²) in [4.78, 5) is 0. The second-order valence-corrected chi connectivity index (χ2v) is 2.70. The van der Waals surface area contributed by atoms with E-state index >= 15 is 0 Å². The molecule has 10 heavy (non-hydrogen) atoms.